The monoisotopic (exact) mass is 352 g/mol. The minimum Gasteiger partial charge on any atom is -0.481 e. The molecule has 0 amide bonds. The van der Waals surface area contributed by atoms with Crippen LogP contribution in [-0.4, -0.2) is 34.5 Å². The second-order valence-electron chi connectivity index (χ2n) is 4.40. The summed E-state index contributed by atoms with van der Waals surface area (Å²) in [5, 5.41) is 12.0. The van der Waals surface area contributed by atoms with Crippen molar-refractivity contribution in [2.24, 2.45) is 7.05 Å². The van der Waals surface area contributed by atoms with Gasteiger partial charge in [0.05, 0.1) is 33.3 Å². The molecule has 0 aliphatic carbocycles. The molecular formula is C11H17BrN2O4S. The second kappa shape index (κ2) is 6.04. The molecular weight excluding hydrogens is 336 g/mol. The number of aromatic nitrogens is 2. The lowest BCUT2D eigenvalue weighted by Gasteiger charge is -2.11. The number of aliphatic carboxylic acids is 1. The number of sulfone groups is 1. The topological polar surface area (TPSA) is 89.3 Å². The molecule has 0 bridgehead atoms. The SMILES string of the molecule is CCc1nn(C)c(CS(=O)(=O)C(C)CC(=O)O)c1Br. The van der Waals surface area contributed by atoms with Crippen molar-refractivity contribution in [2.45, 2.75) is 37.7 Å². The standard InChI is InChI=1S/C11H17BrN2O4S/c1-4-8-11(12)9(14(3)13-8)6-19(17,18)7(2)5-10(15)16/h7H,4-6H2,1-3H3,(H,15,16). The van der Waals surface area contributed by atoms with Gasteiger partial charge in [0.1, 0.15) is 0 Å². The maximum absolute atomic E-state index is 12.1. The molecule has 1 atom stereocenters. The normalized spacial score (nSPS) is 13.5. The Kier molecular flexibility index (Phi) is 5.14. The van der Waals surface area contributed by atoms with Crippen LogP contribution in [0.25, 0.3) is 0 Å². The van der Waals surface area contributed by atoms with Crippen molar-refractivity contribution in [3.05, 3.63) is 15.9 Å². The molecule has 0 saturated heterocycles. The van der Waals surface area contributed by atoms with Crippen molar-refractivity contribution in [1.82, 2.24) is 9.78 Å². The van der Waals surface area contributed by atoms with Gasteiger partial charge in [0, 0.05) is 7.05 Å². The first kappa shape index (κ1) is 16.2. The first-order valence-electron chi connectivity index (χ1n) is 5.82. The Bertz CT molecular complexity index is 580. The highest BCUT2D eigenvalue weighted by atomic mass is 79.9. The Morgan fingerprint density at radius 2 is 2.11 bits per heavy atom. The number of carbonyl (C=O) groups is 1. The number of carboxylic acid groups (broad SMARTS) is 1. The first-order chi connectivity index (χ1) is 8.69. The summed E-state index contributed by atoms with van der Waals surface area (Å²) in [6.07, 6.45) is 0.303. The van der Waals surface area contributed by atoms with E-state index in [1.165, 1.54) is 11.6 Å². The van der Waals surface area contributed by atoms with E-state index in [9.17, 15) is 13.2 Å². The van der Waals surface area contributed by atoms with Crippen LogP contribution in [0.4, 0.5) is 0 Å². The summed E-state index contributed by atoms with van der Waals surface area (Å²) in [5.74, 6) is -1.33. The quantitative estimate of drug-likeness (QED) is 0.838. The van der Waals surface area contributed by atoms with Crippen molar-refractivity contribution >= 4 is 31.7 Å². The number of aryl methyl sites for hydroxylation is 2. The summed E-state index contributed by atoms with van der Waals surface area (Å²) in [6.45, 7) is 3.34. The first-order valence-corrected chi connectivity index (χ1v) is 8.33. The van der Waals surface area contributed by atoms with E-state index in [-0.39, 0.29) is 5.75 Å². The zero-order valence-corrected chi connectivity index (χ0v) is 13.5. The summed E-state index contributed by atoms with van der Waals surface area (Å²) in [6, 6.07) is 0. The van der Waals surface area contributed by atoms with Gasteiger partial charge >= 0.3 is 5.97 Å². The summed E-state index contributed by atoms with van der Waals surface area (Å²) in [7, 11) is -1.84. The molecule has 0 spiro atoms. The molecule has 1 unspecified atom stereocenters. The predicted molar refractivity (Wildman–Crippen MR) is 74.6 cm³/mol. The zero-order chi connectivity index (χ0) is 14.8. The molecule has 19 heavy (non-hydrogen) atoms. The molecule has 1 rings (SSSR count). The smallest absolute Gasteiger partial charge is 0.304 e. The van der Waals surface area contributed by atoms with E-state index >= 15 is 0 Å². The van der Waals surface area contributed by atoms with Crippen LogP contribution in [0.2, 0.25) is 0 Å². The average molecular weight is 353 g/mol. The third kappa shape index (κ3) is 3.79. The molecule has 0 radical (unpaired) electrons. The van der Waals surface area contributed by atoms with Crippen molar-refractivity contribution in [1.29, 1.82) is 0 Å². The van der Waals surface area contributed by atoms with E-state index in [1.54, 1.807) is 7.05 Å². The minimum absolute atomic E-state index is 0.217. The molecule has 0 aliphatic rings. The van der Waals surface area contributed by atoms with E-state index in [2.05, 4.69) is 21.0 Å². The number of halogens is 1. The molecule has 1 aromatic rings. The van der Waals surface area contributed by atoms with E-state index in [0.717, 1.165) is 5.69 Å². The van der Waals surface area contributed by atoms with Crippen LogP contribution in [0.3, 0.4) is 0 Å². The second-order valence-corrected chi connectivity index (χ2v) is 7.61. The Hall–Kier alpha value is -0.890. The Labute approximate surface area is 120 Å². The van der Waals surface area contributed by atoms with Gasteiger partial charge in [-0.25, -0.2) is 8.42 Å². The molecule has 0 aromatic carbocycles. The van der Waals surface area contributed by atoms with Gasteiger partial charge < -0.3 is 5.11 Å². The van der Waals surface area contributed by atoms with Gasteiger partial charge in [0.25, 0.3) is 0 Å². The van der Waals surface area contributed by atoms with Crippen molar-refractivity contribution in [3.63, 3.8) is 0 Å². The zero-order valence-electron chi connectivity index (χ0n) is 11.1. The molecule has 1 N–H and O–H groups in total. The van der Waals surface area contributed by atoms with E-state index in [4.69, 9.17) is 5.11 Å². The van der Waals surface area contributed by atoms with Crippen LogP contribution in [0.1, 0.15) is 31.7 Å². The minimum atomic E-state index is -3.52. The van der Waals surface area contributed by atoms with Gasteiger partial charge in [-0.05, 0) is 29.3 Å². The van der Waals surface area contributed by atoms with E-state index < -0.39 is 27.5 Å². The number of hydrogen-bond acceptors (Lipinski definition) is 4. The van der Waals surface area contributed by atoms with Gasteiger partial charge in [-0.3, -0.25) is 9.48 Å². The molecule has 0 fully saturated rings. The highest BCUT2D eigenvalue weighted by Crippen LogP contribution is 2.25. The molecule has 0 saturated carbocycles. The fraction of sp³-hybridized carbons (Fsp3) is 0.636. The van der Waals surface area contributed by atoms with Crippen LogP contribution in [-0.2, 0) is 33.9 Å². The van der Waals surface area contributed by atoms with Crippen LogP contribution >= 0.6 is 15.9 Å². The molecule has 8 heteroatoms. The van der Waals surface area contributed by atoms with E-state index in [0.29, 0.717) is 16.6 Å². The molecule has 1 aromatic heterocycles. The lowest BCUT2D eigenvalue weighted by atomic mass is 10.3. The molecule has 108 valence electrons. The maximum Gasteiger partial charge on any atom is 0.304 e. The average Bonchev–Trinajstić information content (AvgIpc) is 2.55. The fourth-order valence-electron chi connectivity index (χ4n) is 1.68. The van der Waals surface area contributed by atoms with Crippen LogP contribution in [0.15, 0.2) is 4.47 Å². The van der Waals surface area contributed by atoms with Crippen molar-refractivity contribution < 1.29 is 18.3 Å². The largest absolute Gasteiger partial charge is 0.481 e. The molecule has 0 aliphatic heterocycles. The van der Waals surface area contributed by atoms with Crippen LogP contribution < -0.4 is 0 Å². The highest BCUT2D eigenvalue weighted by Gasteiger charge is 2.27. The Morgan fingerprint density at radius 3 is 2.53 bits per heavy atom. The number of nitrogens with zero attached hydrogens (tertiary/aromatic N) is 2. The number of carboxylic acids is 1. The van der Waals surface area contributed by atoms with E-state index in [1.807, 2.05) is 6.92 Å². The summed E-state index contributed by atoms with van der Waals surface area (Å²) in [5.41, 5.74) is 1.34. The predicted octanol–water partition coefficient (Wildman–Crippen LogP) is 1.52. The third-order valence-electron chi connectivity index (χ3n) is 2.92. The van der Waals surface area contributed by atoms with Crippen LogP contribution in [0, 0.1) is 0 Å². The Balaban J connectivity index is 3.02. The van der Waals surface area contributed by atoms with Gasteiger partial charge in [-0.2, -0.15) is 5.10 Å². The molecule has 1 heterocycles. The number of hydrogen-bond donors (Lipinski definition) is 1. The van der Waals surface area contributed by atoms with Gasteiger partial charge in [-0.15, -0.1) is 0 Å². The summed E-state index contributed by atoms with van der Waals surface area (Å²) >= 11 is 3.35. The summed E-state index contributed by atoms with van der Waals surface area (Å²) < 4.78 is 26.4. The van der Waals surface area contributed by atoms with Crippen molar-refractivity contribution in [3.8, 4) is 0 Å². The van der Waals surface area contributed by atoms with Crippen LogP contribution in [0.5, 0.6) is 0 Å². The Morgan fingerprint density at radius 1 is 1.53 bits per heavy atom. The van der Waals surface area contributed by atoms with Gasteiger partial charge in [-0.1, -0.05) is 6.92 Å². The van der Waals surface area contributed by atoms with Gasteiger partial charge in [0.2, 0.25) is 0 Å². The lowest BCUT2D eigenvalue weighted by molar-refractivity contribution is -0.136. The number of rotatable bonds is 6. The lowest BCUT2D eigenvalue weighted by Crippen LogP contribution is -2.23. The maximum atomic E-state index is 12.1. The van der Waals surface area contributed by atoms with Crippen molar-refractivity contribution in [2.75, 3.05) is 0 Å². The summed E-state index contributed by atoms with van der Waals surface area (Å²) in [4.78, 5) is 10.6. The fourth-order valence-corrected chi connectivity index (χ4v) is 4.02. The van der Waals surface area contributed by atoms with Gasteiger partial charge in [0.15, 0.2) is 9.84 Å². The third-order valence-corrected chi connectivity index (χ3v) is 5.90. The molecule has 6 nitrogen and oxygen atoms in total. The highest BCUT2D eigenvalue weighted by molar-refractivity contribution is 9.10.